The van der Waals surface area contributed by atoms with Crippen LogP contribution in [0.25, 0.3) is 0 Å². The number of amides is 1. The summed E-state index contributed by atoms with van der Waals surface area (Å²) in [5, 5.41) is 0.508. The van der Waals surface area contributed by atoms with E-state index in [-0.39, 0.29) is 18.0 Å². The lowest BCUT2D eigenvalue weighted by Gasteiger charge is -2.10. The molecule has 0 aliphatic heterocycles. The third-order valence-electron chi connectivity index (χ3n) is 1.82. The first-order chi connectivity index (χ1) is 7.50. The number of benzene rings is 1. The molecule has 0 saturated heterocycles. The molecule has 0 unspecified atom stereocenters. The molecule has 1 aromatic carbocycles. The van der Waals surface area contributed by atoms with Gasteiger partial charge in [-0.3, -0.25) is 4.79 Å². The number of hydrogen-bond acceptors (Lipinski definition) is 3. The van der Waals surface area contributed by atoms with Crippen molar-refractivity contribution in [2.75, 3.05) is 6.61 Å². The lowest BCUT2D eigenvalue weighted by molar-refractivity contribution is -0.118. The van der Waals surface area contributed by atoms with E-state index in [0.717, 1.165) is 0 Å². The van der Waals surface area contributed by atoms with Crippen molar-refractivity contribution in [1.82, 2.24) is 0 Å². The number of carbonyl (C=O) groups excluding carboxylic acids is 1. The van der Waals surface area contributed by atoms with Gasteiger partial charge in [-0.25, -0.2) is 0 Å². The SMILES string of the molecule is NC(=O)CCOc1cc(Cl)ccc1C(N)=S. The van der Waals surface area contributed by atoms with E-state index in [4.69, 9.17) is 40.0 Å². The lowest BCUT2D eigenvalue weighted by Crippen LogP contribution is -2.16. The van der Waals surface area contributed by atoms with Gasteiger partial charge in [-0.1, -0.05) is 23.8 Å². The Bertz CT molecular complexity index is 423. The van der Waals surface area contributed by atoms with Crippen molar-refractivity contribution < 1.29 is 9.53 Å². The molecule has 0 aliphatic rings. The number of primary amides is 1. The molecule has 0 spiro atoms. The molecule has 6 heteroatoms. The number of hydrogen-bond donors (Lipinski definition) is 2. The molecule has 0 atom stereocenters. The normalized spacial score (nSPS) is 9.81. The van der Waals surface area contributed by atoms with Crippen molar-refractivity contribution in [2.24, 2.45) is 11.5 Å². The first kappa shape index (κ1) is 12.7. The minimum atomic E-state index is -0.432. The molecule has 1 amide bonds. The Kier molecular flexibility index (Phi) is 4.52. The van der Waals surface area contributed by atoms with Gasteiger partial charge in [0, 0.05) is 5.02 Å². The van der Waals surface area contributed by atoms with E-state index >= 15 is 0 Å². The molecule has 0 radical (unpaired) electrons. The van der Waals surface area contributed by atoms with Crippen LogP contribution in [0.4, 0.5) is 0 Å². The zero-order valence-corrected chi connectivity index (χ0v) is 9.98. The largest absolute Gasteiger partial charge is 0.492 e. The van der Waals surface area contributed by atoms with E-state index in [9.17, 15) is 4.79 Å². The highest BCUT2D eigenvalue weighted by Gasteiger charge is 2.07. The quantitative estimate of drug-likeness (QED) is 0.779. The van der Waals surface area contributed by atoms with Gasteiger partial charge in [-0.15, -0.1) is 0 Å². The third-order valence-corrected chi connectivity index (χ3v) is 2.27. The van der Waals surface area contributed by atoms with Crippen LogP contribution in [0.2, 0.25) is 5.02 Å². The first-order valence-corrected chi connectivity index (χ1v) is 5.30. The molecular formula is C10H11ClN2O2S. The first-order valence-electron chi connectivity index (χ1n) is 4.51. The summed E-state index contributed by atoms with van der Waals surface area (Å²) in [5.74, 6) is 0.0279. The maximum atomic E-state index is 10.5. The van der Waals surface area contributed by atoms with Gasteiger partial charge in [0.25, 0.3) is 0 Å². The molecule has 1 aromatic rings. The topological polar surface area (TPSA) is 78.3 Å². The number of rotatable bonds is 5. The summed E-state index contributed by atoms with van der Waals surface area (Å²) in [4.78, 5) is 10.8. The molecule has 0 aliphatic carbocycles. The van der Waals surface area contributed by atoms with Crippen LogP contribution in [0.3, 0.4) is 0 Å². The number of thiocarbonyl (C=S) groups is 1. The minimum absolute atomic E-state index is 0.128. The smallest absolute Gasteiger partial charge is 0.220 e. The highest BCUT2D eigenvalue weighted by atomic mass is 35.5. The zero-order chi connectivity index (χ0) is 12.1. The molecule has 0 fully saturated rings. The van der Waals surface area contributed by atoms with Crippen molar-refractivity contribution in [2.45, 2.75) is 6.42 Å². The van der Waals surface area contributed by atoms with E-state index < -0.39 is 5.91 Å². The second-order valence-corrected chi connectivity index (χ2v) is 3.95. The Morgan fingerprint density at radius 3 is 2.69 bits per heavy atom. The molecule has 1 rings (SSSR count). The molecule has 16 heavy (non-hydrogen) atoms. The van der Waals surface area contributed by atoms with E-state index in [2.05, 4.69) is 0 Å². The van der Waals surface area contributed by atoms with Crippen molar-refractivity contribution in [3.63, 3.8) is 0 Å². The van der Waals surface area contributed by atoms with Gasteiger partial charge in [0.1, 0.15) is 10.7 Å². The fourth-order valence-corrected chi connectivity index (χ4v) is 1.41. The summed E-state index contributed by atoms with van der Waals surface area (Å²) in [7, 11) is 0. The van der Waals surface area contributed by atoms with E-state index in [0.29, 0.717) is 16.3 Å². The fraction of sp³-hybridized carbons (Fsp3) is 0.200. The number of ether oxygens (including phenoxy) is 1. The van der Waals surface area contributed by atoms with Crippen molar-refractivity contribution in [3.05, 3.63) is 28.8 Å². The van der Waals surface area contributed by atoms with Gasteiger partial charge in [-0.05, 0) is 18.2 Å². The van der Waals surface area contributed by atoms with E-state index in [1.54, 1.807) is 18.2 Å². The van der Waals surface area contributed by atoms with Crippen molar-refractivity contribution in [1.29, 1.82) is 0 Å². The van der Waals surface area contributed by atoms with Gasteiger partial charge < -0.3 is 16.2 Å². The monoisotopic (exact) mass is 258 g/mol. The molecule has 4 N–H and O–H groups in total. The molecule has 86 valence electrons. The van der Waals surface area contributed by atoms with Crippen LogP contribution < -0.4 is 16.2 Å². The summed E-state index contributed by atoms with van der Waals surface area (Å²) in [6.45, 7) is 0.172. The van der Waals surface area contributed by atoms with E-state index in [1.165, 1.54) is 0 Å². The van der Waals surface area contributed by atoms with Crippen LogP contribution >= 0.6 is 23.8 Å². The van der Waals surface area contributed by atoms with Crippen molar-refractivity contribution >= 4 is 34.7 Å². The van der Waals surface area contributed by atoms with Crippen LogP contribution in [0.15, 0.2) is 18.2 Å². The van der Waals surface area contributed by atoms with Gasteiger partial charge in [-0.2, -0.15) is 0 Å². The maximum absolute atomic E-state index is 10.5. The Balaban J connectivity index is 2.80. The molecule has 0 heterocycles. The van der Waals surface area contributed by atoms with Gasteiger partial charge in [0.2, 0.25) is 5.91 Å². The standard InChI is InChI=1S/C10H11ClN2O2S/c11-6-1-2-7(10(13)16)8(5-6)15-4-3-9(12)14/h1-2,5H,3-4H2,(H2,12,14)(H2,13,16). The van der Waals surface area contributed by atoms with Crippen LogP contribution in [0, 0.1) is 0 Å². The fourth-order valence-electron chi connectivity index (χ4n) is 1.08. The van der Waals surface area contributed by atoms with Crippen LogP contribution in [0.5, 0.6) is 5.75 Å². The Morgan fingerprint density at radius 1 is 1.44 bits per heavy atom. The van der Waals surface area contributed by atoms with Gasteiger partial charge in [0.05, 0.1) is 18.6 Å². The number of nitrogens with two attached hydrogens (primary N) is 2. The predicted molar refractivity (Wildman–Crippen MR) is 66.6 cm³/mol. The highest BCUT2D eigenvalue weighted by molar-refractivity contribution is 7.80. The molecule has 0 saturated carbocycles. The van der Waals surface area contributed by atoms with E-state index in [1.807, 2.05) is 0 Å². The van der Waals surface area contributed by atoms with Gasteiger partial charge >= 0.3 is 0 Å². The van der Waals surface area contributed by atoms with Crippen LogP contribution in [0.1, 0.15) is 12.0 Å². The third kappa shape index (κ3) is 3.67. The molecular weight excluding hydrogens is 248 g/mol. The predicted octanol–water partition coefficient (Wildman–Crippen LogP) is 1.23. The second-order valence-electron chi connectivity index (χ2n) is 3.07. The molecule has 0 bridgehead atoms. The Morgan fingerprint density at radius 2 is 2.12 bits per heavy atom. The number of carbonyl (C=O) groups is 1. The summed E-state index contributed by atoms with van der Waals surface area (Å²) in [6.07, 6.45) is 0.128. The zero-order valence-electron chi connectivity index (χ0n) is 8.40. The molecule has 4 nitrogen and oxygen atoms in total. The summed E-state index contributed by atoms with van der Waals surface area (Å²) in [6, 6.07) is 4.93. The Labute approximate surface area is 104 Å². The minimum Gasteiger partial charge on any atom is -0.492 e. The second kappa shape index (κ2) is 5.67. The highest BCUT2D eigenvalue weighted by Crippen LogP contribution is 2.23. The average molecular weight is 259 g/mol. The van der Waals surface area contributed by atoms with Crippen LogP contribution in [-0.2, 0) is 4.79 Å². The summed E-state index contributed by atoms with van der Waals surface area (Å²) >= 11 is 10.7. The van der Waals surface area contributed by atoms with Crippen LogP contribution in [-0.4, -0.2) is 17.5 Å². The number of halogens is 1. The van der Waals surface area contributed by atoms with Gasteiger partial charge in [0.15, 0.2) is 0 Å². The summed E-state index contributed by atoms with van der Waals surface area (Å²) < 4.78 is 5.34. The lowest BCUT2D eigenvalue weighted by atomic mass is 10.2. The Hall–Kier alpha value is -1.33. The average Bonchev–Trinajstić information content (AvgIpc) is 2.16. The summed E-state index contributed by atoms with van der Waals surface area (Å²) in [5.41, 5.74) is 11.1. The molecule has 0 aromatic heterocycles. The van der Waals surface area contributed by atoms with Crippen molar-refractivity contribution in [3.8, 4) is 5.75 Å². The maximum Gasteiger partial charge on any atom is 0.220 e.